The van der Waals surface area contributed by atoms with E-state index in [0.29, 0.717) is 26.7 Å². The predicted molar refractivity (Wildman–Crippen MR) is 144 cm³/mol. The van der Waals surface area contributed by atoms with Gasteiger partial charge in [0.25, 0.3) is 0 Å². The molecule has 1 heterocycles. The number of hydrogen-bond acceptors (Lipinski definition) is 7. The van der Waals surface area contributed by atoms with E-state index in [1.807, 2.05) is 0 Å². The Bertz CT molecular complexity index is 1410. The van der Waals surface area contributed by atoms with E-state index in [1.54, 1.807) is 90.3 Å². The van der Waals surface area contributed by atoms with E-state index in [1.165, 1.54) is 17.4 Å². The number of thiophene rings is 1. The largest absolute Gasteiger partial charge is 0.456 e. The molecule has 0 aliphatic rings. The second-order valence-electron chi connectivity index (χ2n) is 8.08. The van der Waals surface area contributed by atoms with Crippen molar-refractivity contribution in [1.82, 2.24) is 0 Å². The van der Waals surface area contributed by atoms with Gasteiger partial charge in [0.2, 0.25) is 5.78 Å². The van der Waals surface area contributed by atoms with Crippen LogP contribution < -0.4 is 5.32 Å². The van der Waals surface area contributed by atoms with E-state index in [4.69, 9.17) is 16.3 Å². The molecule has 1 aromatic heterocycles. The number of Topliss-reactive ketones (excluding diaryl/α,β-unsaturated/α-hetero) is 2. The summed E-state index contributed by atoms with van der Waals surface area (Å²) in [5, 5.41) is 5.09. The fourth-order valence-corrected chi connectivity index (χ4v) is 4.45. The normalized spacial score (nSPS) is 11.4. The second-order valence-corrected chi connectivity index (χ2v) is 9.47. The summed E-state index contributed by atoms with van der Waals surface area (Å²) >= 11 is 7.43. The first-order valence-electron chi connectivity index (χ1n) is 11.4. The Hall–Kier alpha value is -4.07. The highest BCUT2D eigenvalue weighted by Gasteiger charge is 2.27. The number of halogens is 1. The third-order valence-corrected chi connectivity index (χ3v) is 6.65. The fraction of sp³-hybridized carbons (Fsp3) is 0.103. The van der Waals surface area contributed by atoms with Crippen LogP contribution in [0.15, 0.2) is 96.4 Å². The molecule has 0 aliphatic heterocycles. The summed E-state index contributed by atoms with van der Waals surface area (Å²) < 4.78 is 5.30. The van der Waals surface area contributed by atoms with Crippen LogP contribution in [0.5, 0.6) is 0 Å². The molecule has 1 atom stereocenters. The number of esters is 1. The van der Waals surface area contributed by atoms with Crippen LogP contribution in [0.3, 0.4) is 0 Å². The zero-order valence-corrected chi connectivity index (χ0v) is 21.1. The number of anilines is 1. The summed E-state index contributed by atoms with van der Waals surface area (Å²) in [7, 11) is 0. The first-order chi connectivity index (χ1) is 17.9. The second kappa shape index (κ2) is 12.3. The monoisotopic (exact) mass is 531 g/mol. The molecule has 0 saturated carbocycles. The quantitative estimate of drug-likeness (QED) is 0.185. The third-order valence-electron chi connectivity index (χ3n) is 5.50. The molecule has 3 aromatic carbocycles. The van der Waals surface area contributed by atoms with Gasteiger partial charge in [-0.2, -0.15) is 0 Å². The van der Waals surface area contributed by atoms with Crippen molar-refractivity contribution >= 4 is 51.9 Å². The van der Waals surface area contributed by atoms with E-state index in [0.717, 1.165) is 0 Å². The zero-order valence-electron chi connectivity index (χ0n) is 19.6. The van der Waals surface area contributed by atoms with Crippen molar-refractivity contribution in [2.24, 2.45) is 0 Å². The van der Waals surface area contributed by atoms with Gasteiger partial charge < -0.3 is 10.1 Å². The molecule has 0 spiro atoms. The number of ether oxygens (including phenoxy) is 1. The fourth-order valence-electron chi connectivity index (χ4n) is 3.63. The molecule has 4 rings (SSSR count). The van der Waals surface area contributed by atoms with Gasteiger partial charge in [-0.3, -0.25) is 14.4 Å². The van der Waals surface area contributed by atoms with Gasteiger partial charge in [-0.05, 0) is 29.6 Å². The lowest BCUT2D eigenvalue weighted by atomic mass is 9.99. The Kier molecular flexibility index (Phi) is 8.61. The van der Waals surface area contributed by atoms with Crippen molar-refractivity contribution in [2.45, 2.75) is 12.5 Å². The summed E-state index contributed by atoms with van der Waals surface area (Å²) in [5.41, 5.74) is 1.41. The van der Waals surface area contributed by atoms with Crippen molar-refractivity contribution in [2.75, 3.05) is 11.9 Å². The highest BCUT2D eigenvalue weighted by molar-refractivity contribution is 7.12. The summed E-state index contributed by atoms with van der Waals surface area (Å²) in [5.74, 6) is -1.74. The smallest absolute Gasteiger partial charge is 0.329 e. The maximum atomic E-state index is 13.2. The van der Waals surface area contributed by atoms with Crippen molar-refractivity contribution in [1.29, 1.82) is 0 Å². The standard InChI is InChI=1S/C29H22ClNO5S/c30-21-13-14-23(22(16-21)28(34)20-10-5-2-6-11-20)31-24(17-25(32)19-8-3-1-4-9-19)29(35)36-18-26(33)27-12-7-15-37-27/h1-16,24,31H,17-18H2/t24-/m0/s1. The Morgan fingerprint density at radius 1 is 0.811 bits per heavy atom. The highest BCUT2D eigenvalue weighted by atomic mass is 35.5. The molecule has 37 heavy (non-hydrogen) atoms. The molecule has 0 fully saturated rings. The van der Waals surface area contributed by atoms with E-state index in [2.05, 4.69) is 5.32 Å². The van der Waals surface area contributed by atoms with Crippen LogP contribution >= 0.6 is 22.9 Å². The van der Waals surface area contributed by atoms with Crippen LogP contribution in [0.1, 0.15) is 42.4 Å². The lowest BCUT2D eigenvalue weighted by Crippen LogP contribution is -2.35. The topological polar surface area (TPSA) is 89.5 Å². The van der Waals surface area contributed by atoms with Gasteiger partial charge in [0.05, 0.1) is 4.88 Å². The Labute approximate surface area is 222 Å². The molecular formula is C29H22ClNO5S. The zero-order chi connectivity index (χ0) is 26.2. The molecule has 0 bridgehead atoms. The van der Waals surface area contributed by atoms with Gasteiger partial charge in [0.1, 0.15) is 6.04 Å². The number of carbonyl (C=O) groups is 4. The average Bonchev–Trinajstić information content (AvgIpc) is 3.48. The van der Waals surface area contributed by atoms with Gasteiger partial charge in [-0.1, -0.05) is 78.3 Å². The number of benzene rings is 3. The van der Waals surface area contributed by atoms with E-state index >= 15 is 0 Å². The summed E-state index contributed by atoms with van der Waals surface area (Å²) in [6.07, 6.45) is -0.252. The van der Waals surface area contributed by atoms with Crippen molar-refractivity contribution in [3.8, 4) is 0 Å². The summed E-state index contributed by atoms with van der Waals surface area (Å²) in [6.45, 7) is -0.465. The molecule has 8 heteroatoms. The van der Waals surface area contributed by atoms with Gasteiger partial charge in [-0.25, -0.2) is 4.79 Å². The minimum atomic E-state index is -1.16. The van der Waals surface area contributed by atoms with E-state index in [9.17, 15) is 19.2 Å². The summed E-state index contributed by atoms with van der Waals surface area (Å²) in [4.78, 5) is 52.1. The van der Waals surface area contributed by atoms with Gasteiger partial charge in [-0.15, -0.1) is 11.3 Å². The number of nitrogens with one attached hydrogen (secondary N) is 1. The predicted octanol–water partition coefficient (Wildman–Crippen LogP) is 6.11. The van der Waals surface area contributed by atoms with Crippen LogP contribution in [0.2, 0.25) is 5.02 Å². The van der Waals surface area contributed by atoms with Gasteiger partial charge in [0.15, 0.2) is 18.2 Å². The molecule has 0 radical (unpaired) electrons. The Morgan fingerprint density at radius 2 is 1.49 bits per heavy atom. The molecule has 0 amide bonds. The molecule has 4 aromatic rings. The number of rotatable bonds is 11. The number of hydrogen-bond donors (Lipinski definition) is 1. The first-order valence-corrected chi connectivity index (χ1v) is 12.7. The van der Waals surface area contributed by atoms with Crippen LogP contribution in [-0.4, -0.2) is 36.0 Å². The molecule has 0 aliphatic carbocycles. The third kappa shape index (κ3) is 6.78. The minimum absolute atomic E-state index is 0.235. The molecule has 0 saturated heterocycles. The molecule has 6 nitrogen and oxygen atoms in total. The maximum absolute atomic E-state index is 13.2. The average molecular weight is 532 g/mol. The van der Waals surface area contributed by atoms with Gasteiger partial charge in [0, 0.05) is 33.8 Å². The van der Waals surface area contributed by atoms with Crippen molar-refractivity contribution < 1.29 is 23.9 Å². The van der Waals surface area contributed by atoms with E-state index in [-0.39, 0.29) is 29.3 Å². The highest BCUT2D eigenvalue weighted by Crippen LogP contribution is 2.25. The van der Waals surface area contributed by atoms with Crippen molar-refractivity contribution in [3.63, 3.8) is 0 Å². The minimum Gasteiger partial charge on any atom is -0.456 e. The lowest BCUT2D eigenvalue weighted by Gasteiger charge is -2.20. The SMILES string of the molecule is O=C(C[C@H](Nc1ccc(Cl)cc1C(=O)c1ccccc1)C(=O)OCC(=O)c1cccs1)c1ccccc1. The summed E-state index contributed by atoms with van der Waals surface area (Å²) in [6, 6.07) is 24.0. The van der Waals surface area contributed by atoms with E-state index < -0.39 is 18.6 Å². The molecule has 1 N–H and O–H groups in total. The number of carbonyl (C=O) groups excluding carboxylic acids is 4. The van der Waals surface area contributed by atoms with Crippen LogP contribution in [0.4, 0.5) is 5.69 Å². The maximum Gasteiger partial charge on any atom is 0.329 e. The van der Waals surface area contributed by atoms with Gasteiger partial charge >= 0.3 is 5.97 Å². The Morgan fingerprint density at radius 3 is 2.14 bits per heavy atom. The lowest BCUT2D eigenvalue weighted by molar-refractivity contribution is -0.143. The molecule has 186 valence electrons. The van der Waals surface area contributed by atoms with Crippen molar-refractivity contribution in [3.05, 3.63) is 123 Å². The molecule has 0 unspecified atom stereocenters. The Balaban J connectivity index is 1.59. The number of ketones is 3. The van der Waals surface area contributed by atoms with Crippen LogP contribution in [0, 0.1) is 0 Å². The van der Waals surface area contributed by atoms with Crippen LogP contribution in [0.25, 0.3) is 0 Å². The van der Waals surface area contributed by atoms with Crippen LogP contribution in [-0.2, 0) is 9.53 Å². The first kappa shape index (κ1) is 26.0. The molecular weight excluding hydrogens is 510 g/mol.